The molecular weight excluding hydrogens is 445 g/mol. The van der Waals surface area contributed by atoms with Crippen LogP contribution in [0.15, 0.2) is 41.4 Å². The number of guanidine groups is 1. The summed E-state index contributed by atoms with van der Waals surface area (Å²) >= 11 is 1.84. The van der Waals surface area contributed by atoms with E-state index in [4.69, 9.17) is 4.74 Å². The maximum Gasteiger partial charge on any atom is 0.191 e. The maximum atomic E-state index is 5.27. The predicted molar refractivity (Wildman–Crippen MR) is 122 cm³/mol. The summed E-state index contributed by atoms with van der Waals surface area (Å²) in [7, 11) is 3.49. The molecule has 0 bridgehead atoms. The molecule has 2 aromatic carbocycles. The summed E-state index contributed by atoms with van der Waals surface area (Å²) in [6, 6.07) is 12.6. The number of aliphatic imine (C=N–C) groups is 1. The van der Waals surface area contributed by atoms with E-state index in [0.29, 0.717) is 0 Å². The van der Waals surface area contributed by atoms with E-state index in [2.05, 4.69) is 66.1 Å². The van der Waals surface area contributed by atoms with Crippen LogP contribution in [-0.2, 0) is 6.54 Å². The third-order valence-corrected chi connectivity index (χ3v) is 5.28. The fraction of sp³-hybridized carbons (Fsp3) is 0.421. The predicted octanol–water partition coefficient (Wildman–Crippen LogP) is 4.27. The Morgan fingerprint density at radius 1 is 1.12 bits per heavy atom. The largest absolute Gasteiger partial charge is 0.497 e. The number of nitrogens with zero attached hydrogens (tertiary/aromatic N) is 1. The van der Waals surface area contributed by atoms with Gasteiger partial charge < -0.3 is 15.4 Å². The lowest BCUT2D eigenvalue weighted by Gasteiger charge is -2.23. The molecule has 138 valence electrons. The van der Waals surface area contributed by atoms with Crippen LogP contribution in [0, 0.1) is 0 Å². The first kappa shape index (κ1) is 21.9. The zero-order chi connectivity index (χ0) is 17.6. The van der Waals surface area contributed by atoms with Crippen molar-refractivity contribution in [3.63, 3.8) is 0 Å². The summed E-state index contributed by atoms with van der Waals surface area (Å²) in [6.45, 7) is 6.04. The Morgan fingerprint density at radius 3 is 2.44 bits per heavy atom. The molecule has 0 aliphatic rings. The van der Waals surface area contributed by atoms with E-state index < -0.39 is 0 Å². The Labute approximate surface area is 172 Å². The second kappa shape index (κ2) is 10.1. The van der Waals surface area contributed by atoms with E-state index in [1.807, 2.05) is 17.8 Å². The number of fused-ring (bicyclic) bond motifs is 1. The van der Waals surface area contributed by atoms with E-state index in [9.17, 15) is 0 Å². The number of nitrogens with one attached hydrogen (secondary N) is 2. The molecule has 2 aromatic rings. The first-order valence-electron chi connectivity index (χ1n) is 8.04. The molecule has 0 radical (unpaired) electrons. The molecule has 6 heteroatoms. The second-order valence-electron chi connectivity index (χ2n) is 6.29. The highest BCUT2D eigenvalue weighted by Crippen LogP contribution is 2.22. The van der Waals surface area contributed by atoms with Gasteiger partial charge in [0.05, 0.1) is 7.11 Å². The Bertz CT molecular complexity index is 719. The number of methoxy groups -OCH3 is 1. The topological polar surface area (TPSA) is 45.7 Å². The van der Waals surface area contributed by atoms with Gasteiger partial charge in [0, 0.05) is 24.9 Å². The van der Waals surface area contributed by atoms with Crippen LogP contribution in [0.3, 0.4) is 0 Å². The minimum atomic E-state index is 0. The molecule has 0 amide bonds. The summed E-state index contributed by atoms with van der Waals surface area (Å²) in [5, 5.41) is 9.15. The monoisotopic (exact) mass is 473 g/mol. The summed E-state index contributed by atoms with van der Waals surface area (Å²) in [5.74, 6) is 1.71. The molecule has 2 rings (SSSR count). The molecule has 0 saturated heterocycles. The number of hydrogen-bond acceptors (Lipinski definition) is 3. The summed E-state index contributed by atoms with van der Waals surface area (Å²) in [6.07, 6.45) is 2.13. The van der Waals surface area contributed by atoms with E-state index >= 15 is 0 Å². The van der Waals surface area contributed by atoms with E-state index in [-0.39, 0.29) is 28.7 Å². The van der Waals surface area contributed by atoms with E-state index in [1.54, 1.807) is 14.2 Å². The normalized spacial score (nSPS) is 11.8. The van der Waals surface area contributed by atoms with Crippen LogP contribution in [0.5, 0.6) is 5.75 Å². The Hall–Kier alpha value is -1.15. The third kappa shape index (κ3) is 6.58. The molecule has 0 aromatic heterocycles. The number of ether oxygens (including phenoxy) is 1. The first-order valence-corrected chi connectivity index (χ1v) is 9.26. The van der Waals surface area contributed by atoms with Gasteiger partial charge >= 0.3 is 0 Å². The highest BCUT2D eigenvalue weighted by atomic mass is 127. The average molecular weight is 473 g/mol. The van der Waals surface area contributed by atoms with Gasteiger partial charge in [-0.3, -0.25) is 4.99 Å². The summed E-state index contributed by atoms with van der Waals surface area (Å²) in [5.41, 5.74) is 1.22. The molecule has 0 atom stereocenters. The van der Waals surface area contributed by atoms with Crippen LogP contribution in [0.2, 0.25) is 0 Å². The van der Waals surface area contributed by atoms with Crippen LogP contribution in [0.1, 0.15) is 19.4 Å². The summed E-state index contributed by atoms with van der Waals surface area (Å²) < 4.78 is 5.45. The van der Waals surface area contributed by atoms with Crippen molar-refractivity contribution in [2.75, 3.05) is 27.0 Å². The zero-order valence-corrected chi connectivity index (χ0v) is 18.7. The molecule has 0 unspecified atom stereocenters. The fourth-order valence-corrected chi connectivity index (χ4v) is 2.50. The second-order valence-corrected chi connectivity index (χ2v) is 7.80. The van der Waals surface area contributed by atoms with Crippen molar-refractivity contribution in [1.29, 1.82) is 0 Å². The lowest BCUT2D eigenvalue weighted by Crippen LogP contribution is -2.42. The Morgan fingerprint density at radius 2 is 1.80 bits per heavy atom. The number of halogens is 1. The lowest BCUT2D eigenvalue weighted by atomic mass is 10.1. The fourth-order valence-electron chi connectivity index (χ4n) is 2.29. The van der Waals surface area contributed by atoms with Gasteiger partial charge in [0.1, 0.15) is 5.75 Å². The molecule has 25 heavy (non-hydrogen) atoms. The number of benzene rings is 2. The van der Waals surface area contributed by atoms with Gasteiger partial charge in [-0.15, -0.1) is 24.0 Å². The van der Waals surface area contributed by atoms with Crippen molar-refractivity contribution in [2.24, 2.45) is 4.99 Å². The standard InChI is InChI=1S/C19H27N3OS.HI/c1-19(2,24-5)13-22-18(20-3)21-12-14-6-7-16-11-17(23-4)9-8-15(16)10-14;/h6-11H,12-13H2,1-5H3,(H2,20,21,22);1H. The SMILES string of the molecule is CN=C(NCc1ccc2cc(OC)ccc2c1)NCC(C)(C)SC.I. The van der Waals surface area contributed by atoms with Crippen LogP contribution in [0.4, 0.5) is 0 Å². The van der Waals surface area contributed by atoms with Gasteiger partial charge in [0.2, 0.25) is 0 Å². The molecular formula is C19H28IN3OS. The summed E-state index contributed by atoms with van der Waals surface area (Å²) in [4.78, 5) is 4.29. The first-order chi connectivity index (χ1) is 11.5. The molecule has 0 fully saturated rings. The van der Waals surface area contributed by atoms with Crippen molar-refractivity contribution in [1.82, 2.24) is 10.6 Å². The van der Waals surface area contributed by atoms with Gasteiger partial charge in [-0.05, 0) is 54.6 Å². The van der Waals surface area contributed by atoms with Crippen molar-refractivity contribution < 1.29 is 4.74 Å². The maximum absolute atomic E-state index is 5.27. The highest BCUT2D eigenvalue weighted by molar-refractivity contribution is 14.0. The molecule has 4 nitrogen and oxygen atoms in total. The molecule has 0 heterocycles. The molecule has 2 N–H and O–H groups in total. The molecule has 0 saturated carbocycles. The van der Waals surface area contributed by atoms with Crippen LogP contribution in [-0.4, -0.2) is 37.7 Å². The van der Waals surface area contributed by atoms with Gasteiger partial charge in [-0.2, -0.15) is 11.8 Å². The Kier molecular flexibility index (Phi) is 8.85. The highest BCUT2D eigenvalue weighted by Gasteiger charge is 2.16. The van der Waals surface area contributed by atoms with Crippen molar-refractivity contribution in [2.45, 2.75) is 25.1 Å². The number of rotatable bonds is 6. The van der Waals surface area contributed by atoms with Crippen molar-refractivity contribution in [3.05, 3.63) is 42.0 Å². The van der Waals surface area contributed by atoms with E-state index in [1.165, 1.54) is 16.3 Å². The van der Waals surface area contributed by atoms with Gasteiger partial charge in [0.15, 0.2) is 5.96 Å². The smallest absolute Gasteiger partial charge is 0.191 e. The quantitative estimate of drug-likeness (QED) is 0.374. The number of hydrogen-bond donors (Lipinski definition) is 2. The lowest BCUT2D eigenvalue weighted by molar-refractivity contribution is 0.415. The van der Waals surface area contributed by atoms with Crippen LogP contribution in [0.25, 0.3) is 10.8 Å². The van der Waals surface area contributed by atoms with Crippen LogP contribution < -0.4 is 15.4 Å². The zero-order valence-electron chi connectivity index (χ0n) is 15.6. The Balaban J connectivity index is 0.00000312. The number of thioether (sulfide) groups is 1. The van der Waals surface area contributed by atoms with Crippen molar-refractivity contribution in [3.8, 4) is 5.75 Å². The van der Waals surface area contributed by atoms with Crippen molar-refractivity contribution >= 4 is 52.5 Å². The minimum Gasteiger partial charge on any atom is -0.497 e. The molecule has 0 aliphatic carbocycles. The average Bonchev–Trinajstić information content (AvgIpc) is 2.61. The molecule has 0 spiro atoms. The van der Waals surface area contributed by atoms with E-state index in [0.717, 1.165) is 24.8 Å². The van der Waals surface area contributed by atoms with Crippen LogP contribution >= 0.6 is 35.7 Å². The third-order valence-electron chi connectivity index (χ3n) is 4.03. The van der Waals surface area contributed by atoms with Gasteiger partial charge in [0.25, 0.3) is 0 Å². The van der Waals surface area contributed by atoms with Gasteiger partial charge in [-0.1, -0.05) is 18.2 Å². The van der Waals surface area contributed by atoms with Gasteiger partial charge in [-0.25, -0.2) is 0 Å². The molecule has 0 aliphatic heterocycles. The minimum absolute atomic E-state index is 0.